The first-order valence-corrected chi connectivity index (χ1v) is 8.78. The first kappa shape index (κ1) is 20.7. The highest BCUT2D eigenvalue weighted by Gasteiger charge is 2.35. The lowest BCUT2D eigenvalue weighted by atomic mass is 10.1. The molecule has 0 amide bonds. The van der Waals surface area contributed by atoms with E-state index in [4.69, 9.17) is 9.47 Å². The van der Waals surface area contributed by atoms with Crippen molar-refractivity contribution in [3.05, 3.63) is 23.8 Å². The van der Waals surface area contributed by atoms with Crippen molar-refractivity contribution in [3.63, 3.8) is 0 Å². The molecule has 2 unspecified atom stereocenters. The molecule has 1 aliphatic heterocycles. The maximum absolute atomic E-state index is 12.9. The zero-order valence-corrected chi connectivity index (χ0v) is 15.7. The summed E-state index contributed by atoms with van der Waals surface area (Å²) >= 11 is 0. The Bertz CT molecular complexity index is 695. The Morgan fingerprint density at radius 1 is 1.29 bits per heavy atom. The van der Waals surface area contributed by atoms with Gasteiger partial charge < -0.3 is 14.8 Å². The van der Waals surface area contributed by atoms with Gasteiger partial charge in [-0.25, -0.2) is 13.2 Å². The van der Waals surface area contributed by atoms with Gasteiger partial charge >= 0.3 is 5.97 Å². The van der Waals surface area contributed by atoms with E-state index in [9.17, 15) is 13.2 Å². The number of nitrogens with one attached hydrogen (secondary N) is 1. The molecule has 0 aliphatic carbocycles. The van der Waals surface area contributed by atoms with Crippen LogP contribution in [0.2, 0.25) is 0 Å². The summed E-state index contributed by atoms with van der Waals surface area (Å²) in [6, 6.07) is 4.09. The summed E-state index contributed by atoms with van der Waals surface area (Å²) in [6.07, 6.45) is 0. The van der Waals surface area contributed by atoms with Gasteiger partial charge in [-0.1, -0.05) is 0 Å². The van der Waals surface area contributed by atoms with Gasteiger partial charge in [-0.15, -0.1) is 12.4 Å². The number of sulfonamides is 1. The van der Waals surface area contributed by atoms with Crippen molar-refractivity contribution >= 4 is 28.4 Å². The summed E-state index contributed by atoms with van der Waals surface area (Å²) in [5.74, 6) is -0.363. The zero-order valence-electron chi connectivity index (χ0n) is 14.1. The topological polar surface area (TPSA) is 84.9 Å². The number of rotatable bonds is 4. The fraction of sp³-hybridized carbons (Fsp3) is 0.533. The molecule has 0 aromatic heterocycles. The largest absolute Gasteiger partial charge is 0.496 e. The standard InChI is InChI=1S/C15H22N2O5S.ClH/c1-10-11(2)17(8-7-16-10)23(19,20)12-5-6-14(21-3)13(9-12)15(18)22-4;/h5-6,9-11,16H,7-8H2,1-4H3;1H. The maximum atomic E-state index is 12.9. The van der Waals surface area contributed by atoms with Crippen molar-refractivity contribution in [2.75, 3.05) is 27.3 Å². The van der Waals surface area contributed by atoms with E-state index in [-0.39, 0.29) is 40.7 Å². The van der Waals surface area contributed by atoms with Crippen LogP contribution in [-0.4, -0.2) is 58.1 Å². The number of benzene rings is 1. The van der Waals surface area contributed by atoms with Gasteiger partial charge in [-0.2, -0.15) is 4.31 Å². The van der Waals surface area contributed by atoms with Gasteiger partial charge in [0, 0.05) is 25.2 Å². The summed E-state index contributed by atoms with van der Waals surface area (Å²) in [4.78, 5) is 11.9. The van der Waals surface area contributed by atoms with Crippen LogP contribution in [0, 0.1) is 0 Å². The van der Waals surface area contributed by atoms with Crippen LogP contribution in [0.4, 0.5) is 0 Å². The molecule has 1 N–H and O–H groups in total. The number of halogens is 1. The summed E-state index contributed by atoms with van der Waals surface area (Å²) < 4.78 is 37.1. The minimum absolute atomic E-state index is 0. The Hall–Kier alpha value is -1.35. The molecule has 7 nitrogen and oxygen atoms in total. The number of hydrogen-bond acceptors (Lipinski definition) is 6. The number of piperazine rings is 1. The number of carbonyl (C=O) groups is 1. The molecule has 1 aromatic rings. The monoisotopic (exact) mass is 378 g/mol. The van der Waals surface area contributed by atoms with Crippen molar-refractivity contribution in [3.8, 4) is 5.75 Å². The second kappa shape index (κ2) is 8.15. The van der Waals surface area contributed by atoms with Crippen LogP contribution in [0.15, 0.2) is 23.1 Å². The molecule has 9 heteroatoms. The maximum Gasteiger partial charge on any atom is 0.341 e. The Morgan fingerprint density at radius 3 is 2.54 bits per heavy atom. The molecule has 0 saturated carbocycles. The molecular formula is C15H23ClN2O5S. The molecule has 2 atom stereocenters. The molecule has 1 heterocycles. The SMILES string of the molecule is COC(=O)c1cc(S(=O)(=O)N2CCNC(C)C2C)ccc1OC.Cl. The highest BCUT2D eigenvalue weighted by molar-refractivity contribution is 7.89. The molecule has 0 radical (unpaired) electrons. The number of esters is 1. The normalized spacial score (nSPS) is 21.7. The van der Waals surface area contributed by atoms with E-state index in [2.05, 4.69) is 5.32 Å². The molecule has 1 aromatic carbocycles. The van der Waals surface area contributed by atoms with Gasteiger partial charge in [0.15, 0.2) is 0 Å². The lowest BCUT2D eigenvalue weighted by molar-refractivity contribution is 0.0596. The fourth-order valence-electron chi connectivity index (χ4n) is 2.62. The van der Waals surface area contributed by atoms with Gasteiger partial charge in [-0.3, -0.25) is 0 Å². The average molecular weight is 379 g/mol. The molecular weight excluding hydrogens is 356 g/mol. The number of carbonyl (C=O) groups excluding carboxylic acids is 1. The van der Waals surface area contributed by atoms with Crippen LogP contribution in [0.3, 0.4) is 0 Å². The van der Waals surface area contributed by atoms with E-state index >= 15 is 0 Å². The van der Waals surface area contributed by atoms with Crippen molar-refractivity contribution < 1.29 is 22.7 Å². The summed E-state index contributed by atoms with van der Waals surface area (Å²) in [6.45, 7) is 4.78. The second-order valence-corrected chi connectivity index (χ2v) is 7.34. The molecule has 0 spiro atoms. The second-order valence-electron chi connectivity index (χ2n) is 5.45. The van der Waals surface area contributed by atoms with Crippen LogP contribution >= 0.6 is 12.4 Å². The molecule has 136 valence electrons. The quantitative estimate of drug-likeness (QED) is 0.794. The van der Waals surface area contributed by atoms with E-state index < -0.39 is 16.0 Å². The highest BCUT2D eigenvalue weighted by atomic mass is 35.5. The zero-order chi connectivity index (χ0) is 17.2. The van der Waals surface area contributed by atoms with E-state index in [0.29, 0.717) is 13.1 Å². The van der Waals surface area contributed by atoms with Crippen LogP contribution in [-0.2, 0) is 14.8 Å². The number of hydrogen-bond donors (Lipinski definition) is 1. The van der Waals surface area contributed by atoms with Crippen LogP contribution in [0.1, 0.15) is 24.2 Å². The highest BCUT2D eigenvalue weighted by Crippen LogP contribution is 2.27. The van der Waals surface area contributed by atoms with Gasteiger partial charge in [0.25, 0.3) is 0 Å². The predicted octanol–water partition coefficient (Wildman–Crippen LogP) is 1.27. The Kier molecular flexibility index (Phi) is 7.03. The minimum atomic E-state index is -3.70. The third-order valence-electron chi connectivity index (χ3n) is 4.16. The summed E-state index contributed by atoms with van der Waals surface area (Å²) in [5.41, 5.74) is 0.0897. The third-order valence-corrected chi connectivity index (χ3v) is 6.14. The number of methoxy groups -OCH3 is 2. The molecule has 1 fully saturated rings. The molecule has 1 aliphatic rings. The Labute approximate surface area is 148 Å². The van der Waals surface area contributed by atoms with Crippen LogP contribution < -0.4 is 10.1 Å². The predicted molar refractivity (Wildman–Crippen MR) is 92.4 cm³/mol. The Morgan fingerprint density at radius 2 is 1.96 bits per heavy atom. The van der Waals surface area contributed by atoms with Crippen molar-refractivity contribution in [1.29, 1.82) is 0 Å². The van der Waals surface area contributed by atoms with E-state index in [0.717, 1.165) is 0 Å². The first-order valence-electron chi connectivity index (χ1n) is 7.34. The molecule has 2 rings (SSSR count). The first-order chi connectivity index (χ1) is 10.8. The lowest BCUT2D eigenvalue weighted by Crippen LogP contribution is -2.57. The van der Waals surface area contributed by atoms with Crippen molar-refractivity contribution in [2.24, 2.45) is 0 Å². The van der Waals surface area contributed by atoms with Gasteiger partial charge in [-0.05, 0) is 32.0 Å². The summed E-state index contributed by atoms with van der Waals surface area (Å²) in [7, 11) is -1.05. The summed E-state index contributed by atoms with van der Waals surface area (Å²) in [5, 5.41) is 3.24. The van der Waals surface area contributed by atoms with Crippen LogP contribution in [0.25, 0.3) is 0 Å². The van der Waals surface area contributed by atoms with Crippen LogP contribution in [0.5, 0.6) is 5.75 Å². The minimum Gasteiger partial charge on any atom is -0.496 e. The molecule has 24 heavy (non-hydrogen) atoms. The smallest absolute Gasteiger partial charge is 0.341 e. The third kappa shape index (κ3) is 3.83. The number of ether oxygens (including phenoxy) is 2. The van der Waals surface area contributed by atoms with E-state index in [1.807, 2.05) is 13.8 Å². The number of nitrogens with zero attached hydrogens (tertiary/aromatic N) is 1. The lowest BCUT2D eigenvalue weighted by Gasteiger charge is -2.37. The van der Waals surface area contributed by atoms with Gasteiger partial charge in [0.2, 0.25) is 10.0 Å². The van der Waals surface area contributed by atoms with E-state index in [1.54, 1.807) is 0 Å². The van der Waals surface area contributed by atoms with E-state index in [1.165, 1.54) is 36.7 Å². The fourth-order valence-corrected chi connectivity index (χ4v) is 4.35. The molecule has 0 bridgehead atoms. The van der Waals surface area contributed by atoms with Crippen molar-refractivity contribution in [1.82, 2.24) is 9.62 Å². The van der Waals surface area contributed by atoms with Crippen molar-refractivity contribution in [2.45, 2.75) is 30.8 Å². The average Bonchev–Trinajstić information content (AvgIpc) is 2.55. The van der Waals surface area contributed by atoms with Gasteiger partial charge in [0.1, 0.15) is 11.3 Å². The van der Waals surface area contributed by atoms with Gasteiger partial charge in [0.05, 0.1) is 19.1 Å². The Balaban J connectivity index is 0.00000288. The molecule has 1 saturated heterocycles.